The Hall–Kier alpha value is -5.56. The molecule has 0 atom stereocenters. The first-order valence-corrected chi connectivity index (χ1v) is 20.6. The van der Waals surface area contributed by atoms with Crippen molar-refractivity contribution in [1.29, 1.82) is 0 Å². The van der Waals surface area contributed by atoms with E-state index >= 15 is 0 Å². The molecule has 5 aromatic carbocycles. The average Bonchev–Trinajstić information content (AvgIpc) is 3.81. The molecule has 0 bridgehead atoms. The van der Waals surface area contributed by atoms with E-state index in [1.54, 1.807) is 16.4 Å². The molecule has 0 N–H and O–H groups in total. The Balaban J connectivity index is 1.42. The van der Waals surface area contributed by atoms with E-state index in [-0.39, 0.29) is 21.7 Å². The molecule has 0 radical (unpaired) electrons. The number of tetrazole rings is 1. The summed E-state index contributed by atoms with van der Waals surface area (Å²) in [7, 11) is 3.91. The third-order valence-electron chi connectivity index (χ3n) is 12.3. The zero-order valence-corrected chi connectivity index (χ0v) is 36.7. The highest BCUT2D eigenvalue weighted by Crippen LogP contribution is 2.64. The summed E-state index contributed by atoms with van der Waals surface area (Å²) in [5.74, 6) is 1.45. The van der Waals surface area contributed by atoms with Gasteiger partial charge in [-0.1, -0.05) is 144 Å². The van der Waals surface area contributed by atoms with E-state index in [0.717, 1.165) is 22.6 Å². The molecule has 0 unspecified atom stereocenters. The second-order valence-corrected chi connectivity index (χ2v) is 20.7. The average molecular weight is 769 g/mol. The minimum absolute atomic E-state index is 0.0471. The SMILES string of the molecule is Cn1[c-][n+](-c2cccc(Oc3ccc4c(c3)-n3[c-][n+](C)c5cccc(c53)C43c4c(cc(C(C)(C)C)cc4C(C)(C)C)-c4cc(C(C)(C)C)cc(C(C)(C)C)c43)c2)nn1. The molecule has 0 saturated carbocycles. The molecule has 0 fully saturated rings. The summed E-state index contributed by atoms with van der Waals surface area (Å²) in [5.41, 5.74) is 16.6. The molecule has 1 aliphatic heterocycles. The largest absolute Gasteiger partial charge is 0.460 e. The highest BCUT2D eigenvalue weighted by Gasteiger charge is 2.54. The number of aromatic nitrogens is 6. The molecule has 7 heteroatoms. The van der Waals surface area contributed by atoms with Gasteiger partial charge in [-0.3, -0.25) is 4.68 Å². The second kappa shape index (κ2) is 12.2. The van der Waals surface area contributed by atoms with Gasteiger partial charge in [0.15, 0.2) is 0 Å². The molecule has 1 spiro atoms. The lowest BCUT2D eigenvalue weighted by Crippen LogP contribution is -2.38. The summed E-state index contributed by atoms with van der Waals surface area (Å²) in [6.07, 6.45) is 6.82. The van der Waals surface area contributed by atoms with E-state index in [4.69, 9.17) is 4.74 Å². The molecule has 7 aromatic rings. The molecule has 1 aliphatic carbocycles. The lowest BCUT2D eigenvalue weighted by atomic mass is 9.60. The van der Waals surface area contributed by atoms with Gasteiger partial charge in [-0.25, -0.2) is 0 Å². The summed E-state index contributed by atoms with van der Waals surface area (Å²) < 4.78 is 14.3. The fourth-order valence-electron chi connectivity index (χ4n) is 9.42. The monoisotopic (exact) mass is 768 g/mol. The Morgan fingerprint density at radius 3 is 1.76 bits per heavy atom. The van der Waals surface area contributed by atoms with Crippen LogP contribution >= 0.6 is 0 Å². The van der Waals surface area contributed by atoms with Crippen LogP contribution in [0, 0.1) is 12.7 Å². The predicted octanol–water partition coefficient (Wildman–Crippen LogP) is 10.1. The van der Waals surface area contributed by atoms with Gasteiger partial charge >= 0.3 is 0 Å². The number of imidazole rings is 1. The van der Waals surface area contributed by atoms with Crippen molar-refractivity contribution in [2.24, 2.45) is 14.1 Å². The van der Waals surface area contributed by atoms with Gasteiger partial charge in [0.25, 0.3) is 0 Å². The zero-order valence-electron chi connectivity index (χ0n) is 36.7. The van der Waals surface area contributed by atoms with Gasteiger partial charge < -0.3 is 13.9 Å². The van der Waals surface area contributed by atoms with Crippen molar-refractivity contribution in [3.8, 4) is 34.0 Å². The first-order valence-electron chi connectivity index (χ1n) is 20.6. The maximum atomic E-state index is 6.74. The van der Waals surface area contributed by atoms with Crippen LogP contribution in [0.2, 0.25) is 0 Å². The molecule has 7 nitrogen and oxygen atoms in total. The van der Waals surface area contributed by atoms with Crippen molar-refractivity contribution in [3.63, 3.8) is 0 Å². The predicted molar refractivity (Wildman–Crippen MR) is 230 cm³/mol. The van der Waals surface area contributed by atoms with Crippen molar-refractivity contribution in [1.82, 2.24) is 19.7 Å². The van der Waals surface area contributed by atoms with E-state index in [1.807, 2.05) is 24.3 Å². The summed E-state index contributed by atoms with van der Waals surface area (Å²) in [6, 6.07) is 31.6. The normalized spacial score (nSPS) is 14.5. The van der Waals surface area contributed by atoms with Gasteiger partial charge in [-0.15, -0.1) is 6.07 Å². The van der Waals surface area contributed by atoms with Crippen LogP contribution in [-0.4, -0.2) is 19.7 Å². The minimum Gasteiger partial charge on any atom is -0.460 e. The van der Waals surface area contributed by atoms with Crippen LogP contribution in [0.5, 0.6) is 11.5 Å². The van der Waals surface area contributed by atoms with Crippen LogP contribution < -0.4 is 14.0 Å². The Labute approximate surface area is 343 Å². The molecular formula is C51H56N6O. The van der Waals surface area contributed by atoms with Crippen molar-refractivity contribution in [2.45, 2.75) is 110 Å². The van der Waals surface area contributed by atoms with Crippen molar-refractivity contribution in [3.05, 3.63) is 142 Å². The van der Waals surface area contributed by atoms with Crippen molar-refractivity contribution < 1.29 is 14.0 Å². The van der Waals surface area contributed by atoms with Crippen molar-refractivity contribution >= 4 is 11.0 Å². The number of benzene rings is 5. The number of hydrogen-bond donors (Lipinski definition) is 0. The molecule has 0 amide bonds. The molecule has 2 aliphatic rings. The summed E-state index contributed by atoms with van der Waals surface area (Å²) in [4.78, 5) is 0. The second-order valence-electron chi connectivity index (χ2n) is 20.7. The van der Waals surface area contributed by atoms with Gasteiger partial charge in [-0.05, 0) is 101 Å². The number of ether oxygens (including phenoxy) is 1. The summed E-state index contributed by atoms with van der Waals surface area (Å²) in [5, 5.41) is 8.27. The fourth-order valence-corrected chi connectivity index (χ4v) is 9.42. The first-order chi connectivity index (χ1) is 27.1. The Morgan fingerprint density at radius 2 is 1.21 bits per heavy atom. The quantitative estimate of drug-likeness (QED) is 0.133. The lowest BCUT2D eigenvalue weighted by Gasteiger charge is -2.45. The number of fused-ring (bicyclic) bond motifs is 9. The zero-order chi connectivity index (χ0) is 41.5. The summed E-state index contributed by atoms with van der Waals surface area (Å²) in [6.45, 7) is 28.4. The smallest absolute Gasteiger partial charge is 0.244 e. The summed E-state index contributed by atoms with van der Waals surface area (Å²) >= 11 is 0. The number of aryl methyl sites for hydroxylation is 2. The van der Waals surface area contributed by atoms with Crippen LogP contribution in [-0.2, 0) is 41.2 Å². The molecule has 296 valence electrons. The maximum Gasteiger partial charge on any atom is 0.244 e. The van der Waals surface area contributed by atoms with Crippen LogP contribution in [0.25, 0.3) is 33.5 Å². The van der Waals surface area contributed by atoms with Gasteiger partial charge in [-0.2, -0.15) is 4.68 Å². The molecule has 9 rings (SSSR count). The van der Waals surface area contributed by atoms with E-state index in [0.29, 0.717) is 5.75 Å². The third-order valence-corrected chi connectivity index (χ3v) is 12.3. The number of hydrogen-bond acceptors (Lipinski definition) is 3. The first kappa shape index (κ1) is 38.0. The standard InChI is InChI=1S/C51H56N6O/c1-47(2,3)31-23-36-37-24-32(48(4,5)6)26-41(50(10,11)12)45(37)51(44(36)40(25-31)49(7,8)9)38-22-21-35(58-34-18-15-17-33(27-34)57-30-55(14)52-53-57)28-43(38)56-29-54(13)42-20-16-19-39(51)46(42)56/h15-28H,1-14H3. The van der Waals surface area contributed by atoms with Crippen LogP contribution in [0.15, 0.2) is 84.9 Å². The van der Waals surface area contributed by atoms with E-state index < -0.39 is 5.41 Å². The number of rotatable bonds is 3. The molecule has 3 heterocycles. The van der Waals surface area contributed by atoms with E-state index in [2.05, 4.69) is 183 Å². The van der Waals surface area contributed by atoms with E-state index in [1.165, 1.54) is 61.2 Å². The lowest BCUT2D eigenvalue weighted by molar-refractivity contribution is -0.665. The minimum atomic E-state index is -0.635. The van der Waals surface area contributed by atoms with Gasteiger partial charge in [0, 0.05) is 0 Å². The molecule has 2 aromatic heterocycles. The highest BCUT2D eigenvalue weighted by molar-refractivity contribution is 5.97. The number of nitrogens with zero attached hydrogens (tertiary/aromatic N) is 6. The number of para-hydroxylation sites is 1. The van der Waals surface area contributed by atoms with Crippen LogP contribution in [0.1, 0.15) is 128 Å². The topological polar surface area (TPSA) is 52.6 Å². The highest BCUT2D eigenvalue weighted by atomic mass is 16.5. The maximum absolute atomic E-state index is 6.74. The Kier molecular flexibility index (Phi) is 8.01. The Morgan fingerprint density at radius 1 is 0.621 bits per heavy atom. The molecular weight excluding hydrogens is 713 g/mol. The molecule has 0 saturated heterocycles. The van der Waals surface area contributed by atoms with Gasteiger partial charge in [0.2, 0.25) is 6.33 Å². The van der Waals surface area contributed by atoms with Crippen LogP contribution in [0.3, 0.4) is 0 Å². The molecule has 58 heavy (non-hydrogen) atoms. The Bertz CT molecular complexity index is 2740. The van der Waals surface area contributed by atoms with Crippen molar-refractivity contribution in [2.75, 3.05) is 0 Å². The van der Waals surface area contributed by atoms with E-state index in [9.17, 15) is 0 Å². The fraction of sp³-hybridized carbons (Fsp3) is 0.373. The van der Waals surface area contributed by atoms with Gasteiger partial charge in [0.1, 0.15) is 23.0 Å². The van der Waals surface area contributed by atoms with Gasteiger partial charge in [0.05, 0.1) is 41.4 Å². The van der Waals surface area contributed by atoms with Crippen LogP contribution in [0.4, 0.5) is 0 Å². The third kappa shape index (κ3) is 5.60.